The van der Waals surface area contributed by atoms with E-state index in [1.807, 2.05) is 13.8 Å². The largest absolute Gasteiger partial charge is 0.480 e. The van der Waals surface area contributed by atoms with E-state index in [0.717, 1.165) is 6.42 Å². The molecule has 0 aliphatic heterocycles. The monoisotopic (exact) mass is 287 g/mol. The fourth-order valence-electron chi connectivity index (χ4n) is 1.54. The molecule has 0 fully saturated rings. The Morgan fingerprint density at radius 2 is 1.95 bits per heavy atom. The van der Waals surface area contributed by atoms with Crippen molar-refractivity contribution in [2.75, 3.05) is 6.54 Å². The van der Waals surface area contributed by atoms with Gasteiger partial charge in [0, 0.05) is 6.54 Å². The molecule has 0 aromatic rings. The van der Waals surface area contributed by atoms with Crippen molar-refractivity contribution in [1.82, 2.24) is 5.32 Å². The van der Waals surface area contributed by atoms with Crippen LogP contribution in [0.2, 0.25) is 0 Å². The van der Waals surface area contributed by atoms with Crippen LogP contribution in [0.5, 0.6) is 0 Å². The van der Waals surface area contributed by atoms with Gasteiger partial charge in [-0.3, -0.25) is 9.79 Å². The summed E-state index contributed by atoms with van der Waals surface area (Å²) in [6.07, 6.45) is 1.44. The van der Waals surface area contributed by atoms with E-state index in [2.05, 4.69) is 10.3 Å². The lowest BCUT2D eigenvalue weighted by atomic mass is 9.99. The molecule has 0 aromatic carbocycles. The first-order valence-corrected chi connectivity index (χ1v) is 6.63. The van der Waals surface area contributed by atoms with Gasteiger partial charge in [-0.25, -0.2) is 4.79 Å². The van der Waals surface area contributed by atoms with Crippen LogP contribution < -0.4 is 22.5 Å². The van der Waals surface area contributed by atoms with Crippen LogP contribution in [-0.2, 0) is 9.59 Å². The van der Waals surface area contributed by atoms with E-state index in [4.69, 9.17) is 22.3 Å². The van der Waals surface area contributed by atoms with Crippen molar-refractivity contribution in [3.8, 4) is 0 Å². The van der Waals surface area contributed by atoms with Crippen LogP contribution in [0.15, 0.2) is 4.99 Å². The molecule has 0 rings (SSSR count). The van der Waals surface area contributed by atoms with Crippen LogP contribution in [0.25, 0.3) is 0 Å². The molecule has 3 unspecified atom stereocenters. The fraction of sp³-hybridized carbons (Fsp3) is 0.750. The topological polar surface area (TPSA) is 157 Å². The zero-order valence-electron chi connectivity index (χ0n) is 12.0. The third-order valence-electron chi connectivity index (χ3n) is 3.12. The molecule has 0 aliphatic carbocycles. The zero-order chi connectivity index (χ0) is 15.7. The number of amides is 1. The Bertz CT molecular complexity index is 355. The molecular weight excluding hydrogens is 262 g/mol. The third-order valence-corrected chi connectivity index (χ3v) is 3.12. The van der Waals surface area contributed by atoms with Gasteiger partial charge in [0.1, 0.15) is 6.04 Å². The molecule has 0 spiro atoms. The number of carboxylic acid groups (broad SMARTS) is 1. The lowest BCUT2D eigenvalue weighted by molar-refractivity contribution is -0.142. The Hall–Kier alpha value is -1.83. The number of carbonyl (C=O) groups is 2. The number of rotatable bonds is 9. The number of hydrogen-bond donors (Lipinski definition) is 5. The van der Waals surface area contributed by atoms with Crippen LogP contribution in [-0.4, -0.2) is 41.6 Å². The Labute approximate surface area is 118 Å². The van der Waals surface area contributed by atoms with Crippen molar-refractivity contribution in [3.63, 3.8) is 0 Å². The molecule has 1 amide bonds. The summed E-state index contributed by atoms with van der Waals surface area (Å²) in [4.78, 5) is 26.7. The first-order valence-electron chi connectivity index (χ1n) is 6.63. The first kappa shape index (κ1) is 18.2. The minimum absolute atomic E-state index is 0.00826. The van der Waals surface area contributed by atoms with Gasteiger partial charge in [0.25, 0.3) is 0 Å². The van der Waals surface area contributed by atoms with Crippen molar-refractivity contribution in [2.24, 2.45) is 28.1 Å². The van der Waals surface area contributed by atoms with Crippen LogP contribution in [0.3, 0.4) is 0 Å². The highest BCUT2D eigenvalue weighted by atomic mass is 16.4. The van der Waals surface area contributed by atoms with Crippen LogP contribution in [0.4, 0.5) is 0 Å². The molecule has 8 N–H and O–H groups in total. The number of guanidine groups is 1. The Balaban J connectivity index is 4.37. The number of hydrogen-bond acceptors (Lipinski definition) is 4. The number of carbonyl (C=O) groups excluding carboxylic acids is 1. The second-order valence-corrected chi connectivity index (χ2v) is 4.76. The van der Waals surface area contributed by atoms with Gasteiger partial charge in [0.05, 0.1) is 6.04 Å². The molecule has 116 valence electrons. The molecule has 20 heavy (non-hydrogen) atoms. The van der Waals surface area contributed by atoms with Crippen LogP contribution in [0.1, 0.15) is 33.1 Å². The summed E-state index contributed by atoms with van der Waals surface area (Å²) in [5.41, 5.74) is 16.1. The second-order valence-electron chi connectivity index (χ2n) is 4.76. The van der Waals surface area contributed by atoms with E-state index < -0.39 is 24.0 Å². The van der Waals surface area contributed by atoms with Gasteiger partial charge in [-0.1, -0.05) is 20.3 Å². The van der Waals surface area contributed by atoms with Gasteiger partial charge in [-0.05, 0) is 18.8 Å². The quantitative estimate of drug-likeness (QED) is 0.207. The number of carboxylic acids is 1. The first-order chi connectivity index (χ1) is 9.29. The second kappa shape index (κ2) is 9.13. The molecule has 0 bridgehead atoms. The minimum atomic E-state index is -1.10. The predicted molar refractivity (Wildman–Crippen MR) is 76.9 cm³/mol. The lowest BCUT2D eigenvalue weighted by Crippen LogP contribution is -2.50. The van der Waals surface area contributed by atoms with E-state index in [0.29, 0.717) is 13.0 Å². The maximum Gasteiger partial charge on any atom is 0.326 e. The molecule has 0 saturated carbocycles. The number of nitrogens with two attached hydrogens (primary N) is 3. The number of nitrogens with zero attached hydrogens (tertiary/aromatic N) is 1. The molecule has 8 nitrogen and oxygen atoms in total. The number of aliphatic imine (C=N–C) groups is 1. The fourth-order valence-corrected chi connectivity index (χ4v) is 1.54. The van der Waals surface area contributed by atoms with Crippen LogP contribution in [0, 0.1) is 5.92 Å². The van der Waals surface area contributed by atoms with Crippen molar-refractivity contribution in [3.05, 3.63) is 0 Å². The Morgan fingerprint density at radius 3 is 2.40 bits per heavy atom. The summed E-state index contributed by atoms with van der Waals surface area (Å²) in [6, 6.07) is -1.69. The SMILES string of the molecule is CCC(C)C(N)C(=O)NC(CCCN=C(N)N)C(=O)O. The highest BCUT2D eigenvalue weighted by molar-refractivity contribution is 5.86. The van der Waals surface area contributed by atoms with E-state index in [1.54, 1.807) is 0 Å². The minimum Gasteiger partial charge on any atom is -0.480 e. The maximum absolute atomic E-state index is 11.8. The summed E-state index contributed by atoms with van der Waals surface area (Å²) in [7, 11) is 0. The summed E-state index contributed by atoms with van der Waals surface area (Å²) in [5, 5.41) is 11.5. The van der Waals surface area contributed by atoms with Crippen LogP contribution >= 0.6 is 0 Å². The third kappa shape index (κ3) is 6.93. The normalized spacial score (nSPS) is 14.9. The zero-order valence-corrected chi connectivity index (χ0v) is 12.0. The van der Waals surface area contributed by atoms with Gasteiger partial charge in [0.2, 0.25) is 5.91 Å². The molecule has 0 heterocycles. The van der Waals surface area contributed by atoms with Crippen molar-refractivity contribution >= 4 is 17.8 Å². The summed E-state index contributed by atoms with van der Waals surface area (Å²) < 4.78 is 0. The number of aliphatic carboxylic acids is 1. The summed E-state index contributed by atoms with van der Waals surface area (Å²) in [6.45, 7) is 4.08. The number of nitrogens with one attached hydrogen (secondary N) is 1. The highest BCUT2D eigenvalue weighted by Crippen LogP contribution is 2.06. The molecule has 8 heteroatoms. The summed E-state index contributed by atoms with van der Waals surface area (Å²) >= 11 is 0. The molecule has 0 radical (unpaired) electrons. The standard InChI is InChI=1S/C12H25N5O3/c1-3-7(2)9(13)10(18)17-8(11(19)20)5-4-6-16-12(14)15/h7-9H,3-6,13H2,1-2H3,(H,17,18)(H,19,20)(H4,14,15,16). The van der Waals surface area contributed by atoms with E-state index >= 15 is 0 Å². The molecule has 0 saturated heterocycles. The van der Waals surface area contributed by atoms with Gasteiger partial charge >= 0.3 is 5.97 Å². The molecule has 0 aromatic heterocycles. The average molecular weight is 287 g/mol. The molecule has 3 atom stereocenters. The van der Waals surface area contributed by atoms with Gasteiger partial charge in [-0.2, -0.15) is 0 Å². The predicted octanol–water partition coefficient (Wildman–Crippen LogP) is -1.02. The smallest absolute Gasteiger partial charge is 0.326 e. The van der Waals surface area contributed by atoms with E-state index in [1.165, 1.54) is 0 Å². The van der Waals surface area contributed by atoms with Gasteiger partial charge in [-0.15, -0.1) is 0 Å². The lowest BCUT2D eigenvalue weighted by Gasteiger charge is -2.21. The molecular formula is C12H25N5O3. The maximum atomic E-state index is 11.8. The molecule has 0 aliphatic rings. The highest BCUT2D eigenvalue weighted by Gasteiger charge is 2.25. The van der Waals surface area contributed by atoms with Crippen molar-refractivity contribution < 1.29 is 14.7 Å². The van der Waals surface area contributed by atoms with Gasteiger partial charge < -0.3 is 27.6 Å². The van der Waals surface area contributed by atoms with Crippen molar-refractivity contribution in [2.45, 2.75) is 45.2 Å². The van der Waals surface area contributed by atoms with E-state index in [-0.39, 0.29) is 18.3 Å². The Kier molecular flexibility index (Phi) is 8.30. The average Bonchev–Trinajstić information content (AvgIpc) is 2.39. The van der Waals surface area contributed by atoms with Crippen molar-refractivity contribution in [1.29, 1.82) is 0 Å². The van der Waals surface area contributed by atoms with E-state index in [9.17, 15) is 9.59 Å². The van der Waals surface area contributed by atoms with Gasteiger partial charge in [0.15, 0.2) is 5.96 Å². The summed E-state index contributed by atoms with van der Waals surface area (Å²) in [5.74, 6) is -1.60. The Morgan fingerprint density at radius 1 is 1.35 bits per heavy atom.